The van der Waals surface area contributed by atoms with E-state index in [4.69, 9.17) is 37.7 Å². The van der Waals surface area contributed by atoms with Crippen LogP contribution in [0.3, 0.4) is 0 Å². The average Bonchev–Trinajstić information content (AvgIpc) is 2.89. The highest BCUT2D eigenvalue weighted by molar-refractivity contribution is 6.35. The highest BCUT2D eigenvalue weighted by Gasteiger charge is 2.12. The predicted octanol–water partition coefficient (Wildman–Crippen LogP) is 7.89. The van der Waals surface area contributed by atoms with Gasteiger partial charge in [-0.3, -0.25) is 10.7 Å². The number of anilines is 3. The van der Waals surface area contributed by atoms with Gasteiger partial charge in [-0.1, -0.05) is 65.7 Å². The molecule has 1 aromatic heterocycles. The van der Waals surface area contributed by atoms with Crippen LogP contribution in [0.4, 0.5) is 21.9 Å². The van der Waals surface area contributed by atoms with Crippen molar-refractivity contribution in [3.05, 3.63) is 101 Å². The Balaban J connectivity index is 1.31. The maximum atomic E-state index is 12.2. The number of pyridine rings is 1. The van der Waals surface area contributed by atoms with Crippen molar-refractivity contribution in [2.75, 3.05) is 23.3 Å². The zero-order valence-electron chi connectivity index (χ0n) is 19.7. The fourth-order valence-electron chi connectivity index (χ4n) is 3.99. The normalized spacial score (nSPS) is 10.8. The number of fused-ring (bicyclic) bond motifs is 2. The molecular weight excluding hydrogens is 511 g/mol. The summed E-state index contributed by atoms with van der Waals surface area (Å²) in [6, 6.07) is 26.0. The second-order valence-electron chi connectivity index (χ2n) is 8.17. The van der Waals surface area contributed by atoms with Crippen LogP contribution in [0.25, 0.3) is 21.8 Å². The smallest absolute Gasteiger partial charge is 0.411 e. The van der Waals surface area contributed by atoms with Crippen molar-refractivity contribution in [2.45, 2.75) is 6.61 Å². The van der Waals surface area contributed by atoms with Crippen molar-refractivity contribution in [3.8, 4) is 5.75 Å². The number of rotatable bonds is 7. The van der Waals surface area contributed by atoms with Crippen molar-refractivity contribution in [1.82, 2.24) is 4.98 Å². The number of carbonyl (C=O) groups is 1. The van der Waals surface area contributed by atoms with Gasteiger partial charge in [-0.05, 0) is 48.0 Å². The summed E-state index contributed by atoms with van der Waals surface area (Å²) in [6.07, 6.45) is -0.613. The number of aromatic nitrogens is 1. The monoisotopic (exact) mass is 532 g/mol. The van der Waals surface area contributed by atoms with Crippen molar-refractivity contribution in [2.24, 2.45) is 0 Å². The van der Waals surface area contributed by atoms with E-state index in [1.165, 1.54) is 0 Å². The third-order valence-electron chi connectivity index (χ3n) is 5.63. The van der Waals surface area contributed by atoms with Crippen molar-refractivity contribution >= 4 is 68.2 Å². The number of methoxy groups -OCH3 is 1. The SMILES string of the molecule is COc1cccc2c(NNc3cccc(COC(=O)Nc4cc(Cl)cc(Cl)c4)c3)c3ccccc3nc12. The number of hydrazine groups is 1. The number of halogens is 2. The van der Waals surface area contributed by atoms with Crippen LogP contribution < -0.4 is 20.9 Å². The Hall–Kier alpha value is -4.20. The molecule has 0 saturated heterocycles. The molecule has 0 aliphatic rings. The van der Waals surface area contributed by atoms with Crippen LogP contribution in [0.15, 0.2) is 84.9 Å². The van der Waals surface area contributed by atoms with Gasteiger partial charge in [0.1, 0.15) is 17.9 Å². The number of ether oxygens (including phenoxy) is 2. The number of nitrogens with zero attached hydrogens (tertiary/aromatic N) is 1. The molecule has 0 bridgehead atoms. The van der Waals surface area contributed by atoms with Gasteiger partial charge >= 0.3 is 6.09 Å². The highest BCUT2D eigenvalue weighted by Crippen LogP contribution is 2.35. The molecule has 9 heteroatoms. The van der Waals surface area contributed by atoms with Gasteiger partial charge < -0.3 is 14.9 Å². The molecule has 1 heterocycles. The summed E-state index contributed by atoms with van der Waals surface area (Å²) in [5.41, 5.74) is 11.1. The molecule has 186 valence electrons. The van der Waals surface area contributed by atoms with E-state index in [0.717, 1.165) is 38.7 Å². The molecule has 37 heavy (non-hydrogen) atoms. The lowest BCUT2D eigenvalue weighted by Gasteiger charge is -2.16. The lowest BCUT2D eigenvalue weighted by atomic mass is 10.1. The van der Waals surface area contributed by atoms with Gasteiger partial charge in [0, 0.05) is 26.5 Å². The molecule has 0 unspecified atom stereocenters. The molecule has 0 aliphatic carbocycles. The lowest BCUT2D eigenvalue weighted by molar-refractivity contribution is 0.155. The first-order chi connectivity index (χ1) is 18.0. The van der Waals surface area contributed by atoms with Crippen LogP contribution in [-0.2, 0) is 11.3 Å². The molecule has 0 spiro atoms. The van der Waals surface area contributed by atoms with E-state index < -0.39 is 6.09 Å². The summed E-state index contributed by atoms with van der Waals surface area (Å²) in [5.74, 6) is 0.698. The third-order valence-corrected chi connectivity index (χ3v) is 6.07. The first-order valence-electron chi connectivity index (χ1n) is 11.4. The summed E-state index contributed by atoms with van der Waals surface area (Å²) in [5, 5.41) is 5.35. The summed E-state index contributed by atoms with van der Waals surface area (Å²) in [7, 11) is 1.63. The minimum Gasteiger partial charge on any atom is -0.494 e. The summed E-state index contributed by atoms with van der Waals surface area (Å²) < 4.78 is 10.9. The molecule has 0 radical (unpaired) electrons. The van der Waals surface area contributed by atoms with Gasteiger partial charge in [0.15, 0.2) is 0 Å². The molecule has 1 amide bonds. The molecule has 4 aromatic carbocycles. The number of nitrogens with one attached hydrogen (secondary N) is 3. The molecule has 0 aliphatic heterocycles. The quantitative estimate of drug-likeness (QED) is 0.146. The first kappa shape index (κ1) is 24.5. The van der Waals surface area contributed by atoms with Crippen LogP contribution in [-0.4, -0.2) is 18.2 Å². The first-order valence-corrected chi connectivity index (χ1v) is 12.1. The molecule has 0 saturated carbocycles. The fourth-order valence-corrected chi connectivity index (χ4v) is 4.52. The zero-order chi connectivity index (χ0) is 25.8. The van der Waals surface area contributed by atoms with E-state index in [2.05, 4.69) is 16.2 Å². The van der Waals surface area contributed by atoms with E-state index >= 15 is 0 Å². The molecule has 0 fully saturated rings. The Morgan fingerprint density at radius 3 is 2.41 bits per heavy atom. The van der Waals surface area contributed by atoms with E-state index in [-0.39, 0.29) is 6.61 Å². The van der Waals surface area contributed by atoms with Crippen molar-refractivity contribution in [1.29, 1.82) is 0 Å². The summed E-state index contributed by atoms with van der Waals surface area (Å²) in [4.78, 5) is 17.0. The van der Waals surface area contributed by atoms with Crippen LogP contribution in [0, 0.1) is 0 Å². The Morgan fingerprint density at radius 2 is 1.59 bits per heavy atom. The molecular formula is C28H22Cl2N4O3. The number of amides is 1. The van der Waals surface area contributed by atoms with Gasteiger partial charge in [0.2, 0.25) is 0 Å². The number of para-hydroxylation sites is 2. The summed E-state index contributed by atoms with van der Waals surface area (Å²) >= 11 is 12.0. The summed E-state index contributed by atoms with van der Waals surface area (Å²) in [6.45, 7) is 0.0773. The van der Waals surface area contributed by atoms with Gasteiger partial charge in [-0.2, -0.15) is 0 Å². The topological polar surface area (TPSA) is 84.5 Å². The number of carbonyl (C=O) groups excluding carboxylic acids is 1. The van der Waals surface area contributed by atoms with Crippen LogP contribution >= 0.6 is 23.2 Å². The van der Waals surface area contributed by atoms with E-state index in [9.17, 15) is 4.79 Å². The molecule has 0 atom stereocenters. The van der Waals surface area contributed by atoms with Crippen LogP contribution in [0.2, 0.25) is 10.0 Å². The minimum absolute atomic E-state index is 0.0773. The van der Waals surface area contributed by atoms with E-state index in [1.54, 1.807) is 25.3 Å². The predicted molar refractivity (Wildman–Crippen MR) is 150 cm³/mol. The molecule has 7 nitrogen and oxygen atoms in total. The Labute approximate surface area is 223 Å². The molecule has 5 rings (SSSR count). The third kappa shape index (κ3) is 5.63. The number of hydrogen-bond donors (Lipinski definition) is 3. The van der Waals surface area contributed by atoms with Gasteiger partial charge in [0.25, 0.3) is 0 Å². The largest absolute Gasteiger partial charge is 0.494 e. The second-order valence-corrected chi connectivity index (χ2v) is 9.04. The van der Waals surface area contributed by atoms with Gasteiger partial charge in [-0.25, -0.2) is 9.78 Å². The van der Waals surface area contributed by atoms with Gasteiger partial charge in [-0.15, -0.1) is 0 Å². The Kier molecular flexibility index (Phi) is 7.16. The van der Waals surface area contributed by atoms with Crippen molar-refractivity contribution < 1.29 is 14.3 Å². The molecule has 3 N–H and O–H groups in total. The zero-order valence-corrected chi connectivity index (χ0v) is 21.2. The maximum absolute atomic E-state index is 12.2. The maximum Gasteiger partial charge on any atom is 0.411 e. The second kappa shape index (κ2) is 10.8. The van der Waals surface area contributed by atoms with Crippen molar-refractivity contribution in [3.63, 3.8) is 0 Å². The highest BCUT2D eigenvalue weighted by atomic mass is 35.5. The Morgan fingerprint density at radius 1 is 0.838 bits per heavy atom. The van der Waals surface area contributed by atoms with Gasteiger partial charge in [0.05, 0.1) is 24.0 Å². The average molecular weight is 533 g/mol. The fraction of sp³-hybridized carbons (Fsp3) is 0.0714. The lowest BCUT2D eigenvalue weighted by Crippen LogP contribution is -2.14. The standard InChI is InChI=1S/C28H22Cl2N4O3/c1-36-25-11-5-9-23-26(22-8-2-3-10-24(22)32-27(23)25)34-33-20-7-4-6-17(12-20)16-37-28(35)31-21-14-18(29)13-19(30)15-21/h2-15,33H,16H2,1H3,(H,31,35)(H,32,34). The minimum atomic E-state index is -0.613. The number of hydrogen-bond acceptors (Lipinski definition) is 6. The number of benzene rings is 4. The van der Waals surface area contributed by atoms with Crippen LogP contribution in [0.5, 0.6) is 5.75 Å². The van der Waals surface area contributed by atoms with Crippen LogP contribution in [0.1, 0.15) is 5.56 Å². The van der Waals surface area contributed by atoms with E-state index in [1.807, 2.05) is 66.7 Å². The van der Waals surface area contributed by atoms with E-state index in [0.29, 0.717) is 21.5 Å². The molecule has 5 aromatic rings. The Bertz CT molecular complexity index is 1590.